The van der Waals surface area contributed by atoms with Crippen LogP contribution in [-0.2, 0) is 0 Å². The second-order valence-corrected chi connectivity index (χ2v) is 9.04. The Morgan fingerprint density at radius 1 is 1.28 bits per heavy atom. The molecule has 2 heterocycles. The number of rotatable bonds is 3. The third-order valence-electron chi connectivity index (χ3n) is 5.59. The van der Waals surface area contributed by atoms with Gasteiger partial charge in [-0.1, -0.05) is 6.07 Å². The maximum Gasteiger partial charge on any atom is 0.321 e. The molecule has 0 unspecified atom stereocenters. The zero-order valence-electron chi connectivity index (χ0n) is 16.1. The van der Waals surface area contributed by atoms with Crippen LogP contribution in [0.3, 0.4) is 0 Å². The number of amides is 2. The zero-order valence-corrected chi connectivity index (χ0v) is 16.9. The Hall–Kier alpha value is -2.51. The Morgan fingerprint density at radius 3 is 2.79 bits per heavy atom. The molecule has 1 aliphatic carbocycles. The Labute approximate surface area is 172 Å². The van der Waals surface area contributed by atoms with Crippen molar-refractivity contribution in [2.24, 2.45) is 0 Å². The van der Waals surface area contributed by atoms with E-state index in [0.717, 1.165) is 10.2 Å². The summed E-state index contributed by atoms with van der Waals surface area (Å²) in [4.78, 5) is 18.6. The Bertz CT molecular complexity index is 1110. The van der Waals surface area contributed by atoms with E-state index in [1.54, 1.807) is 12.1 Å². The summed E-state index contributed by atoms with van der Waals surface area (Å²) in [5.41, 5.74) is 4.32. The van der Waals surface area contributed by atoms with E-state index < -0.39 is 11.9 Å². The van der Waals surface area contributed by atoms with Gasteiger partial charge in [0.15, 0.2) is 0 Å². The maximum atomic E-state index is 14.9. The van der Waals surface area contributed by atoms with E-state index in [1.165, 1.54) is 46.3 Å². The van der Waals surface area contributed by atoms with Gasteiger partial charge in [-0.2, -0.15) is 0 Å². The highest BCUT2D eigenvalue weighted by molar-refractivity contribution is 7.21. The maximum absolute atomic E-state index is 14.9. The Morgan fingerprint density at radius 2 is 2.10 bits per heavy atom. The van der Waals surface area contributed by atoms with Gasteiger partial charge >= 0.3 is 6.03 Å². The number of aromatic nitrogens is 1. The van der Waals surface area contributed by atoms with Crippen LogP contribution in [0.25, 0.3) is 20.8 Å². The van der Waals surface area contributed by atoms with Crippen LogP contribution in [0.5, 0.6) is 0 Å². The summed E-state index contributed by atoms with van der Waals surface area (Å²) in [6.45, 7) is 2.89. The number of fused-ring (bicyclic) bond motifs is 1. The normalized spacial score (nSPS) is 19.1. The van der Waals surface area contributed by atoms with E-state index in [9.17, 15) is 14.3 Å². The van der Waals surface area contributed by atoms with E-state index in [1.807, 2.05) is 0 Å². The van der Waals surface area contributed by atoms with Gasteiger partial charge in [-0.05, 0) is 67.5 Å². The van der Waals surface area contributed by atoms with Crippen LogP contribution in [0.2, 0.25) is 0 Å². The highest BCUT2D eigenvalue weighted by Gasteiger charge is 2.28. The van der Waals surface area contributed by atoms with Crippen LogP contribution in [0.4, 0.5) is 14.9 Å². The molecule has 0 radical (unpaired) electrons. The molecular weight excluding hydrogens is 389 g/mol. The van der Waals surface area contributed by atoms with Crippen molar-refractivity contribution in [3.05, 3.63) is 47.3 Å². The summed E-state index contributed by atoms with van der Waals surface area (Å²) in [6, 6.07) is 8.69. The van der Waals surface area contributed by atoms with E-state index in [4.69, 9.17) is 4.98 Å². The van der Waals surface area contributed by atoms with Gasteiger partial charge in [0, 0.05) is 24.3 Å². The monoisotopic (exact) mass is 411 g/mol. The van der Waals surface area contributed by atoms with Crippen molar-refractivity contribution in [2.45, 2.75) is 38.2 Å². The SMILES string of the molecule is Cc1cc(C2CC2)c2nc(-c3ccc(NC(=O)N4CC[C@@H](O)C4)cc3F)sc2c1. The van der Waals surface area contributed by atoms with Crippen molar-refractivity contribution in [1.82, 2.24) is 9.88 Å². The first kappa shape index (κ1) is 18.5. The molecule has 2 amide bonds. The first-order valence-electron chi connectivity index (χ1n) is 9.93. The van der Waals surface area contributed by atoms with Gasteiger partial charge in [0.1, 0.15) is 10.8 Å². The molecule has 2 N–H and O–H groups in total. The number of carbonyl (C=O) groups excluding carboxylic acids is 1. The molecule has 7 heteroatoms. The standard InChI is InChI=1S/C22H22FN3O2S/c1-12-8-17(13-2-3-13)20-19(9-12)29-21(25-20)16-5-4-14(10-18(16)23)24-22(28)26-7-6-15(27)11-26/h4-5,8-10,13,15,27H,2-3,6-7,11H2,1H3,(H,24,28)/t15-/m1/s1. The fourth-order valence-electron chi connectivity index (χ4n) is 3.91. The highest BCUT2D eigenvalue weighted by atomic mass is 32.1. The minimum Gasteiger partial charge on any atom is -0.391 e. The fraction of sp³-hybridized carbons (Fsp3) is 0.364. The zero-order chi connectivity index (χ0) is 20.1. The third-order valence-corrected chi connectivity index (χ3v) is 6.62. The fourth-order valence-corrected chi connectivity index (χ4v) is 5.04. The number of thiazole rings is 1. The summed E-state index contributed by atoms with van der Waals surface area (Å²) in [6.07, 6.45) is 2.48. The number of nitrogens with one attached hydrogen (secondary N) is 1. The van der Waals surface area contributed by atoms with E-state index >= 15 is 0 Å². The minimum absolute atomic E-state index is 0.306. The molecule has 5 rings (SSSR count). The van der Waals surface area contributed by atoms with Gasteiger partial charge in [0.2, 0.25) is 0 Å². The average Bonchev–Trinajstić information content (AvgIpc) is 3.29. The number of likely N-dealkylation sites (tertiary alicyclic amines) is 1. The van der Waals surface area contributed by atoms with E-state index in [-0.39, 0.29) is 6.03 Å². The quantitative estimate of drug-likeness (QED) is 0.645. The summed E-state index contributed by atoms with van der Waals surface area (Å²) in [5, 5.41) is 12.9. The molecule has 0 spiro atoms. The molecule has 0 bridgehead atoms. The number of hydrogen-bond donors (Lipinski definition) is 2. The predicted molar refractivity (Wildman–Crippen MR) is 113 cm³/mol. The number of anilines is 1. The third kappa shape index (κ3) is 3.60. The molecule has 2 aliphatic rings. The number of β-amino-alcohol motifs (C(OH)–C–C–N with tert-alkyl or cyclic N) is 1. The number of aliphatic hydroxyl groups excluding tert-OH is 1. The molecule has 1 aliphatic heterocycles. The molecule has 29 heavy (non-hydrogen) atoms. The minimum atomic E-state index is -0.483. The lowest BCUT2D eigenvalue weighted by atomic mass is 10.1. The molecule has 1 atom stereocenters. The number of hydrogen-bond acceptors (Lipinski definition) is 4. The van der Waals surface area contributed by atoms with Crippen LogP contribution in [-0.4, -0.2) is 40.2 Å². The second kappa shape index (κ2) is 7.07. The van der Waals surface area contributed by atoms with E-state index in [0.29, 0.717) is 41.7 Å². The van der Waals surface area contributed by atoms with Crippen molar-refractivity contribution in [1.29, 1.82) is 0 Å². The van der Waals surface area contributed by atoms with Gasteiger partial charge in [-0.3, -0.25) is 0 Å². The molecular formula is C22H22FN3O2S. The molecule has 3 aromatic rings. The summed E-state index contributed by atoms with van der Waals surface area (Å²) in [7, 11) is 0. The molecule has 5 nitrogen and oxygen atoms in total. The first-order chi connectivity index (χ1) is 14.0. The predicted octanol–water partition coefficient (Wildman–Crippen LogP) is 4.89. The summed E-state index contributed by atoms with van der Waals surface area (Å²) in [5.74, 6) is 0.173. The number of aryl methyl sites for hydroxylation is 1. The van der Waals surface area contributed by atoms with Gasteiger partial charge in [0.25, 0.3) is 0 Å². The largest absolute Gasteiger partial charge is 0.391 e. The van der Waals surface area contributed by atoms with Gasteiger partial charge < -0.3 is 15.3 Å². The molecule has 1 saturated carbocycles. The lowest BCUT2D eigenvalue weighted by molar-refractivity contribution is 0.176. The highest BCUT2D eigenvalue weighted by Crippen LogP contribution is 2.45. The van der Waals surface area contributed by atoms with Crippen LogP contribution >= 0.6 is 11.3 Å². The number of aliphatic hydroxyl groups is 1. The Kier molecular flexibility index (Phi) is 4.52. The van der Waals surface area contributed by atoms with Crippen molar-refractivity contribution >= 4 is 33.3 Å². The van der Waals surface area contributed by atoms with Gasteiger partial charge in [-0.15, -0.1) is 11.3 Å². The van der Waals surface area contributed by atoms with Crippen molar-refractivity contribution in [3.63, 3.8) is 0 Å². The van der Waals surface area contributed by atoms with E-state index in [2.05, 4.69) is 24.4 Å². The van der Waals surface area contributed by atoms with Crippen LogP contribution in [0.15, 0.2) is 30.3 Å². The molecule has 150 valence electrons. The Balaban J connectivity index is 1.42. The summed E-state index contributed by atoms with van der Waals surface area (Å²) < 4.78 is 16.0. The van der Waals surface area contributed by atoms with Gasteiger partial charge in [-0.25, -0.2) is 14.2 Å². The topological polar surface area (TPSA) is 65.5 Å². The summed E-state index contributed by atoms with van der Waals surface area (Å²) >= 11 is 1.50. The van der Waals surface area contributed by atoms with Crippen LogP contribution in [0.1, 0.15) is 36.3 Å². The first-order valence-corrected chi connectivity index (χ1v) is 10.7. The van der Waals surface area contributed by atoms with Crippen LogP contribution < -0.4 is 5.32 Å². The number of carbonyl (C=O) groups is 1. The van der Waals surface area contributed by atoms with Gasteiger partial charge in [0.05, 0.1) is 16.3 Å². The number of halogens is 1. The lowest BCUT2D eigenvalue weighted by Crippen LogP contribution is -2.33. The van der Waals surface area contributed by atoms with Crippen LogP contribution in [0, 0.1) is 12.7 Å². The number of nitrogens with zero attached hydrogens (tertiary/aromatic N) is 2. The van der Waals surface area contributed by atoms with Crippen molar-refractivity contribution in [3.8, 4) is 10.6 Å². The second-order valence-electron chi connectivity index (χ2n) is 8.01. The molecule has 2 fully saturated rings. The van der Waals surface area contributed by atoms with Crippen molar-refractivity contribution in [2.75, 3.05) is 18.4 Å². The smallest absolute Gasteiger partial charge is 0.321 e. The average molecular weight is 412 g/mol. The number of urea groups is 1. The number of benzene rings is 2. The molecule has 1 saturated heterocycles. The molecule has 1 aromatic heterocycles. The lowest BCUT2D eigenvalue weighted by Gasteiger charge is -2.16. The van der Waals surface area contributed by atoms with Crippen molar-refractivity contribution < 1.29 is 14.3 Å². The molecule has 2 aromatic carbocycles.